The first-order valence-corrected chi connectivity index (χ1v) is 6.98. The highest BCUT2D eigenvalue weighted by atomic mass is 16.5. The number of ether oxygens (including phenoxy) is 1. The van der Waals surface area contributed by atoms with E-state index in [4.69, 9.17) is 4.74 Å². The van der Waals surface area contributed by atoms with E-state index >= 15 is 0 Å². The molecule has 0 aromatic heterocycles. The second kappa shape index (κ2) is 6.93. The normalized spacial score (nSPS) is 19.9. The van der Waals surface area contributed by atoms with Gasteiger partial charge in [-0.3, -0.25) is 9.59 Å². The van der Waals surface area contributed by atoms with Crippen molar-refractivity contribution >= 4 is 11.8 Å². The molecule has 2 atom stereocenters. The van der Waals surface area contributed by atoms with Crippen LogP contribution in [0.25, 0.3) is 0 Å². The molecule has 2 rings (SSSR count). The van der Waals surface area contributed by atoms with Crippen molar-refractivity contribution in [2.24, 2.45) is 0 Å². The highest BCUT2D eigenvalue weighted by Gasteiger charge is 2.24. The number of hydrogen-bond acceptors (Lipinski definition) is 3. The minimum Gasteiger partial charge on any atom is -0.481 e. The predicted molar refractivity (Wildman–Crippen MR) is 75.3 cm³/mol. The first-order valence-electron chi connectivity index (χ1n) is 6.98. The summed E-state index contributed by atoms with van der Waals surface area (Å²) < 4.78 is 5.69. The second-order valence-electron chi connectivity index (χ2n) is 4.88. The number of benzene rings is 1. The molecule has 0 saturated carbocycles. The Morgan fingerprint density at radius 2 is 2.20 bits per heavy atom. The lowest BCUT2D eigenvalue weighted by molar-refractivity contribution is -0.130. The van der Waals surface area contributed by atoms with E-state index in [9.17, 15) is 9.59 Å². The quantitative estimate of drug-likeness (QED) is 0.850. The van der Waals surface area contributed by atoms with Crippen LogP contribution in [0.2, 0.25) is 0 Å². The lowest BCUT2D eigenvalue weighted by atomic mass is 10.1. The molecule has 20 heavy (non-hydrogen) atoms. The van der Waals surface area contributed by atoms with Gasteiger partial charge in [-0.1, -0.05) is 25.1 Å². The van der Waals surface area contributed by atoms with Crippen LogP contribution in [0.3, 0.4) is 0 Å². The van der Waals surface area contributed by atoms with Crippen molar-refractivity contribution in [1.29, 1.82) is 0 Å². The van der Waals surface area contributed by atoms with E-state index in [-0.39, 0.29) is 17.9 Å². The number of carbonyl (C=O) groups excluding carboxylic acids is 2. The molecule has 1 heterocycles. The molecule has 2 amide bonds. The topological polar surface area (TPSA) is 67.4 Å². The Kier molecular flexibility index (Phi) is 4.98. The molecule has 108 valence electrons. The van der Waals surface area contributed by atoms with E-state index in [0.717, 1.165) is 0 Å². The third-order valence-corrected chi connectivity index (χ3v) is 3.30. The summed E-state index contributed by atoms with van der Waals surface area (Å²) in [7, 11) is 0. The first kappa shape index (κ1) is 14.4. The number of nitrogens with one attached hydrogen (secondary N) is 2. The maximum absolute atomic E-state index is 12.2. The molecule has 0 bridgehead atoms. The smallest absolute Gasteiger partial charge is 0.261 e. The van der Waals surface area contributed by atoms with Crippen LogP contribution in [-0.4, -0.2) is 30.5 Å². The van der Waals surface area contributed by atoms with Crippen LogP contribution in [0.1, 0.15) is 26.2 Å². The zero-order valence-corrected chi connectivity index (χ0v) is 11.6. The minimum absolute atomic E-state index is 0.00590. The fraction of sp³-hybridized carbons (Fsp3) is 0.467. The van der Waals surface area contributed by atoms with Gasteiger partial charge in [0, 0.05) is 19.0 Å². The van der Waals surface area contributed by atoms with Gasteiger partial charge in [0.2, 0.25) is 5.91 Å². The molecule has 0 radical (unpaired) electrons. The average Bonchev–Trinajstić information content (AvgIpc) is 2.48. The Morgan fingerprint density at radius 1 is 1.45 bits per heavy atom. The molecule has 1 aliphatic heterocycles. The summed E-state index contributed by atoms with van der Waals surface area (Å²) in [6.45, 7) is 2.40. The molecular weight excluding hydrogens is 256 g/mol. The average molecular weight is 276 g/mol. The van der Waals surface area contributed by atoms with Crippen molar-refractivity contribution in [2.75, 3.05) is 6.54 Å². The van der Waals surface area contributed by atoms with E-state index in [1.807, 2.05) is 37.3 Å². The van der Waals surface area contributed by atoms with Crippen LogP contribution in [0.4, 0.5) is 0 Å². The Balaban J connectivity index is 1.87. The molecule has 0 aliphatic carbocycles. The maximum atomic E-state index is 12.2. The molecule has 2 N–H and O–H groups in total. The number of para-hydroxylation sites is 1. The summed E-state index contributed by atoms with van der Waals surface area (Å²) in [5, 5.41) is 5.68. The van der Waals surface area contributed by atoms with Gasteiger partial charge in [-0.05, 0) is 25.0 Å². The minimum atomic E-state index is -0.505. The van der Waals surface area contributed by atoms with Crippen molar-refractivity contribution in [3.8, 4) is 5.75 Å². The van der Waals surface area contributed by atoms with E-state index in [1.165, 1.54) is 0 Å². The van der Waals surface area contributed by atoms with Gasteiger partial charge in [-0.25, -0.2) is 0 Å². The van der Waals surface area contributed by atoms with Crippen molar-refractivity contribution in [3.05, 3.63) is 30.3 Å². The summed E-state index contributed by atoms with van der Waals surface area (Å²) in [6, 6.07) is 9.30. The zero-order chi connectivity index (χ0) is 14.4. The van der Waals surface area contributed by atoms with Crippen LogP contribution in [0, 0.1) is 0 Å². The van der Waals surface area contributed by atoms with Gasteiger partial charge < -0.3 is 15.4 Å². The summed E-state index contributed by atoms with van der Waals surface area (Å²) in [6.07, 6.45) is 1.23. The van der Waals surface area contributed by atoms with Gasteiger partial charge in [0.05, 0.1) is 0 Å². The van der Waals surface area contributed by atoms with Gasteiger partial charge >= 0.3 is 0 Å². The predicted octanol–water partition coefficient (Wildman–Crippen LogP) is 1.24. The Morgan fingerprint density at radius 3 is 2.80 bits per heavy atom. The lowest BCUT2D eigenvalue weighted by Crippen LogP contribution is -2.51. The number of rotatable bonds is 5. The SMILES string of the molecule is CCC(Oc1ccccc1)C(=O)NC1CCC(=O)NC1. The van der Waals surface area contributed by atoms with E-state index in [0.29, 0.717) is 31.6 Å². The Hall–Kier alpha value is -2.04. The largest absolute Gasteiger partial charge is 0.481 e. The van der Waals surface area contributed by atoms with Crippen LogP contribution >= 0.6 is 0 Å². The molecule has 5 heteroatoms. The van der Waals surface area contributed by atoms with Crippen LogP contribution in [-0.2, 0) is 9.59 Å². The third-order valence-electron chi connectivity index (χ3n) is 3.30. The maximum Gasteiger partial charge on any atom is 0.261 e. The number of carbonyl (C=O) groups is 2. The number of piperidine rings is 1. The van der Waals surface area contributed by atoms with Gasteiger partial charge in [-0.15, -0.1) is 0 Å². The number of amides is 2. The van der Waals surface area contributed by atoms with E-state index in [2.05, 4.69) is 10.6 Å². The summed E-state index contributed by atoms with van der Waals surface area (Å²) in [5.74, 6) is 0.604. The molecular formula is C15H20N2O3. The molecule has 1 aromatic carbocycles. The van der Waals surface area contributed by atoms with Crippen LogP contribution < -0.4 is 15.4 Å². The van der Waals surface area contributed by atoms with Crippen molar-refractivity contribution in [3.63, 3.8) is 0 Å². The highest BCUT2D eigenvalue weighted by Crippen LogP contribution is 2.13. The summed E-state index contributed by atoms with van der Waals surface area (Å²) in [4.78, 5) is 23.3. The molecule has 1 aromatic rings. The van der Waals surface area contributed by atoms with Gasteiger partial charge in [0.15, 0.2) is 6.10 Å². The van der Waals surface area contributed by atoms with E-state index < -0.39 is 6.10 Å². The van der Waals surface area contributed by atoms with Crippen LogP contribution in [0.15, 0.2) is 30.3 Å². The number of hydrogen-bond donors (Lipinski definition) is 2. The Labute approximate surface area is 118 Å². The van der Waals surface area contributed by atoms with Gasteiger partial charge in [0.25, 0.3) is 5.91 Å². The lowest BCUT2D eigenvalue weighted by Gasteiger charge is -2.25. The van der Waals surface area contributed by atoms with Crippen LogP contribution in [0.5, 0.6) is 5.75 Å². The zero-order valence-electron chi connectivity index (χ0n) is 11.6. The van der Waals surface area contributed by atoms with Crippen molar-refractivity contribution < 1.29 is 14.3 Å². The standard InChI is InChI=1S/C15H20N2O3/c1-2-13(20-12-6-4-3-5-7-12)15(19)17-11-8-9-14(18)16-10-11/h3-7,11,13H,2,8-10H2,1H3,(H,16,18)(H,17,19). The van der Waals surface area contributed by atoms with Gasteiger partial charge in [0.1, 0.15) is 5.75 Å². The summed E-state index contributed by atoms with van der Waals surface area (Å²) >= 11 is 0. The molecule has 5 nitrogen and oxygen atoms in total. The highest BCUT2D eigenvalue weighted by molar-refractivity contribution is 5.82. The van der Waals surface area contributed by atoms with Crippen molar-refractivity contribution in [1.82, 2.24) is 10.6 Å². The fourth-order valence-electron chi connectivity index (χ4n) is 2.14. The molecule has 1 saturated heterocycles. The second-order valence-corrected chi connectivity index (χ2v) is 4.88. The summed E-state index contributed by atoms with van der Waals surface area (Å²) in [5.41, 5.74) is 0. The monoisotopic (exact) mass is 276 g/mol. The Bertz CT molecular complexity index is 451. The fourth-order valence-corrected chi connectivity index (χ4v) is 2.14. The third kappa shape index (κ3) is 3.98. The van der Waals surface area contributed by atoms with Gasteiger partial charge in [-0.2, -0.15) is 0 Å². The molecule has 1 fully saturated rings. The molecule has 0 spiro atoms. The molecule has 2 unspecified atom stereocenters. The first-order chi connectivity index (χ1) is 9.69. The van der Waals surface area contributed by atoms with Crippen molar-refractivity contribution in [2.45, 2.75) is 38.3 Å². The molecule has 1 aliphatic rings. The van der Waals surface area contributed by atoms with E-state index in [1.54, 1.807) is 0 Å².